The molecule has 4 rings (SSSR count). The number of anilines is 1. The first-order valence-electron chi connectivity index (χ1n) is 11.9. The summed E-state index contributed by atoms with van der Waals surface area (Å²) in [6.45, 7) is 3.98. The molecule has 0 fully saturated rings. The van der Waals surface area contributed by atoms with Crippen LogP contribution in [0.15, 0.2) is 41.3 Å². The molecular formula is C27H27Cl2N3O6S. The number of amides is 2. The predicted octanol–water partition coefficient (Wildman–Crippen LogP) is 3.88. The number of hydrogen-bond acceptors (Lipinski definition) is 6. The molecule has 1 aliphatic heterocycles. The van der Waals surface area contributed by atoms with Gasteiger partial charge in [-0.15, -0.1) is 0 Å². The smallest absolute Gasteiger partial charge is 0.256 e. The normalized spacial score (nSPS) is 14.4. The predicted molar refractivity (Wildman–Crippen MR) is 151 cm³/mol. The van der Waals surface area contributed by atoms with Gasteiger partial charge in [0.05, 0.1) is 40.5 Å². The van der Waals surface area contributed by atoms with Gasteiger partial charge in [-0.3, -0.25) is 9.59 Å². The van der Waals surface area contributed by atoms with Crippen molar-refractivity contribution in [3.05, 3.63) is 80.1 Å². The molecule has 0 bridgehead atoms. The van der Waals surface area contributed by atoms with Crippen LogP contribution < -0.4 is 10.6 Å². The maximum atomic E-state index is 13.3. The lowest BCUT2D eigenvalue weighted by molar-refractivity contribution is -0.110. The molecule has 0 aliphatic carbocycles. The van der Waals surface area contributed by atoms with Gasteiger partial charge in [0.25, 0.3) is 11.8 Å². The van der Waals surface area contributed by atoms with Crippen LogP contribution in [-0.2, 0) is 20.4 Å². The SMILES string of the molecule is Cc1[nH]c(C=C2C(=O)Nc3ccc(S(=O)(=O)Cc4c(Cl)cccc4Cl)cc32)c(C)c1C(=O)NC(C)(CO)CO. The second-order valence-electron chi connectivity index (χ2n) is 9.67. The Bertz CT molecular complexity index is 1600. The van der Waals surface area contributed by atoms with Crippen LogP contribution in [-0.4, -0.2) is 54.2 Å². The Hall–Kier alpha value is -3.15. The lowest BCUT2D eigenvalue weighted by atomic mass is 10.0. The van der Waals surface area contributed by atoms with Gasteiger partial charge in [0.2, 0.25) is 0 Å². The summed E-state index contributed by atoms with van der Waals surface area (Å²) in [5, 5.41) is 24.9. The van der Waals surface area contributed by atoms with Crippen molar-refractivity contribution in [1.82, 2.24) is 10.3 Å². The van der Waals surface area contributed by atoms with Crippen molar-refractivity contribution in [1.29, 1.82) is 0 Å². The molecule has 206 valence electrons. The number of aliphatic hydroxyl groups excluding tert-OH is 2. The first-order chi connectivity index (χ1) is 18.3. The third kappa shape index (κ3) is 5.61. The van der Waals surface area contributed by atoms with E-state index in [1.807, 2.05) is 0 Å². The Morgan fingerprint density at radius 2 is 1.74 bits per heavy atom. The van der Waals surface area contributed by atoms with Crippen molar-refractivity contribution in [2.24, 2.45) is 0 Å². The number of benzene rings is 2. The second kappa shape index (κ2) is 10.8. The second-order valence-corrected chi connectivity index (χ2v) is 12.5. The minimum absolute atomic E-state index is 0.00798. The molecular weight excluding hydrogens is 565 g/mol. The molecule has 9 nitrogen and oxygen atoms in total. The van der Waals surface area contributed by atoms with E-state index in [2.05, 4.69) is 15.6 Å². The average molecular weight is 593 g/mol. The number of H-pyrrole nitrogens is 1. The van der Waals surface area contributed by atoms with E-state index in [9.17, 15) is 28.2 Å². The number of carbonyl (C=O) groups excluding carboxylic acids is 2. The van der Waals surface area contributed by atoms with Gasteiger partial charge in [0.1, 0.15) is 0 Å². The van der Waals surface area contributed by atoms with Crippen molar-refractivity contribution in [2.75, 3.05) is 18.5 Å². The number of carbonyl (C=O) groups is 2. The molecule has 12 heteroatoms. The molecule has 3 aromatic rings. The Balaban J connectivity index is 1.71. The number of hydrogen-bond donors (Lipinski definition) is 5. The van der Waals surface area contributed by atoms with Crippen LogP contribution in [0.4, 0.5) is 5.69 Å². The molecule has 0 unspecified atom stereocenters. The van der Waals surface area contributed by atoms with Crippen LogP contribution in [0.2, 0.25) is 10.0 Å². The maximum absolute atomic E-state index is 13.3. The molecule has 0 spiro atoms. The van der Waals surface area contributed by atoms with Crippen LogP contribution in [0.5, 0.6) is 0 Å². The zero-order chi connectivity index (χ0) is 28.7. The summed E-state index contributed by atoms with van der Waals surface area (Å²) >= 11 is 12.4. The van der Waals surface area contributed by atoms with Crippen LogP contribution >= 0.6 is 23.2 Å². The molecule has 0 saturated carbocycles. The van der Waals surface area contributed by atoms with Gasteiger partial charge in [-0.2, -0.15) is 0 Å². The number of sulfone groups is 1. The molecule has 0 atom stereocenters. The summed E-state index contributed by atoms with van der Waals surface area (Å²) in [5.74, 6) is -1.35. The number of aliphatic hydroxyl groups is 2. The first kappa shape index (κ1) is 28.8. The molecule has 1 aliphatic rings. The van der Waals surface area contributed by atoms with E-state index < -0.39 is 46.2 Å². The third-order valence-corrected chi connectivity index (χ3v) is 8.98. The van der Waals surface area contributed by atoms with E-state index in [1.54, 1.807) is 38.1 Å². The monoisotopic (exact) mass is 591 g/mol. The lowest BCUT2D eigenvalue weighted by Crippen LogP contribution is -2.51. The number of nitrogens with one attached hydrogen (secondary N) is 3. The fourth-order valence-electron chi connectivity index (χ4n) is 4.32. The lowest BCUT2D eigenvalue weighted by Gasteiger charge is -2.26. The number of rotatable bonds is 8. The van der Waals surface area contributed by atoms with Crippen LogP contribution in [0, 0.1) is 13.8 Å². The summed E-state index contributed by atoms with van der Waals surface area (Å²) in [7, 11) is -3.87. The molecule has 5 N–H and O–H groups in total. The summed E-state index contributed by atoms with van der Waals surface area (Å²) in [5.41, 5.74) is 1.95. The first-order valence-corrected chi connectivity index (χ1v) is 14.3. The third-order valence-electron chi connectivity index (χ3n) is 6.63. The fraction of sp³-hybridized carbons (Fsp3) is 0.259. The van der Waals surface area contributed by atoms with E-state index in [-0.39, 0.29) is 26.1 Å². The van der Waals surface area contributed by atoms with E-state index in [4.69, 9.17) is 23.2 Å². The van der Waals surface area contributed by atoms with Crippen molar-refractivity contribution >= 4 is 62.2 Å². The summed E-state index contributed by atoms with van der Waals surface area (Å²) in [6.07, 6.45) is 1.55. The number of aromatic nitrogens is 1. The van der Waals surface area contributed by atoms with Gasteiger partial charge >= 0.3 is 0 Å². The van der Waals surface area contributed by atoms with Crippen molar-refractivity contribution in [2.45, 2.75) is 37.0 Å². The minimum atomic E-state index is -3.87. The highest BCUT2D eigenvalue weighted by Crippen LogP contribution is 2.37. The van der Waals surface area contributed by atoms with E-state index in [0.717, 1.165) is 0 Å². The molecule has 0 radical (unpaired) electrons. The Labute approximate surface area is 235 Å². The van der Waals surface area contributed by atoms with Crippen LogP contribution in [0.25, 0.3) is 11.6 Å². The zero-order valence-corrected chi connectivity index (χ0v) is 23.7. The number of aromatic amines is 1. The van der Waals surface area contributed by atoms with Gasteiger partial charge in [0, 0.05) is 38.2 Å². The summed E-state index contributed by atoms with van der Waals surface area (Å²) in [6, 6.07) is 9.11. The highest BCUT2D eigenvalue weighted by molar-refractivity contribution is 7.90. The molecule has 2 heterocycles. The summed E-state index contributed by atoms with van der Waals surface area (Å²) < 4.78 is 26.5. The number of halogens is 2. The van der Waals surface area contributed by atoms with E-state index in [1.165, 1.54) is 25.1 Å². The quantitative estimate of drug-likeness (QED) is 0.251. The maximum Gasteiger partial charge on any atom is 0.256 e. The van der Waals surface area contributed by atoms with Crippen LogP contribution in [0.1, 0.15) is 45.4 Å². The standard InChI is InChI=1S/C27H27Cl2N3O6S/c1-14-23(30-15(2)24(14)26(36)32-27(3,12-33)13-34)10-18-17-9-16(7-8-22(17)31-25(18)35)39(37,38)11-19-20(28)5-4-6-21(19)29/h4-10,30,33-34H,11-13H2,1-3H3,(H,31,35)(H,32,36). The fourth-order valence-corrected chi connectivity index (χ4v) is 6.44. The molecule has 2 aromatic carbocycles. The highest BCUT2D eigenvalue weighted by Gasteiger charge is 2.30. The van der Waals surface area contributed by atoms with Crippen LogP contribution in [0.3, 0.4) is 0 Å². The Morgan fingerprint density at radius 3 is 2.36 bits per heavy atom. The van der Waals surface area contributed by atoms with Gasteiger partial charge < -0.3 is 25.8 Å². The average Bonchev–Trinajstić information content (AvgIpc) is 3.35. The van der Waals surface area contributed by atoms with E-state index in [0.29, 0.717) is 33.8 Å². The van der Waals surface area contributed by atoms with Crippen molar-refractivity contribution in [3.63, 3.8) is 0 Å². The van der Waals surface area contributed by atoms with Gasteiger partial charge in [-0.1, -0.05) is 29.3 Å². The minimum Gasteiger partial charge on any atom is -0.394 e. The van der Waals surface area contributed by atoms with Gasteiger partial charge in [0.15, 0.2) is 9.84 Å². The van der Waals surface area contributed by atoms with Gasteiger partial charge in [-0.05, 0) is 62.7 Å². The van der Waals surface area contributed by atoms with Crippen molar-refractivity contribution < 1.29 is 28.2 Å². The van der Waals surface area contributed by atoms with E-state index >= 15 is 0 Å². The molecule has 39 heavy (non-hydrogen) atoms. The van der Waals surface area contributed by atoms with Gasteiger partial charge in [-0.25, -0.2) is 8.42 Å². The Kier molecular flexibility index (Phi) is 7.98. The molecule has 2 amide bonds. The zero-order valence-electron chi connectivity index (χ0n) is 21.4. The highest BCUT2D eigenvalue weighted by atomic mass is 35.5. The number of aryl methyl sites for hydroxylation is 1. The largest absolute Gasteiger partial charge is 0.394 e. The topological polar surface area (TPSA) is 149 Å². The summed E-state index contributed by atoms with van der Waals surface area (Å²) in [4.78, 5) is 28.9. The number of fused-ring (bicyclic) bond motifs is 1. The molecule has 1 aromatic heterocycles. The molecule has 0 saturated heterocycles. The Morgan fingerprint density at radius 1 is 1.10 bits per heavy atom. The van der Waals surface area contributed by atoms with Crippen molar-refractivity contribution in [3.8, 4) is 0 Å².